The second-order valence-corrected chi connectivity index (χ2v) is 9.87. The largest absolute Gasteiger partial charge is 0.495 e. The van der Waals surface area contributed by atoms with E-state index < -0.39 is 22.5 Å². The Balaban J connectivity index is 1.99. The first-order valence-corrected chi connectivity index (χ1v) is 12.6. The zero-order valence-corrected chi connectivity index (χ0v) is 21.9. The molecule has 36 heavy (non-hydrogen) atoms. The van der Waals surface area contributed by atoms with Crippen LogP contribution in [0.1, 0.15) is 5.56 Å². The number of amides is 1. The zero-order valence-electron chi connectivity index (χ0n) is 19.6. The first kappa shape index (κ1) is 27.1. The van der Waals surface area contributed by atoms with E-state index in [1.54, 1.807) is 30.3 Å². The molecule has 0 saturated carbocycles. The highest BCUT2D eigenvalue weighted by atomic mass is 35.5. The van der Waals surface area contributed by atoms with Crippen LogP contribution >= 0.6 is 23.2 Å². The number of sulfonamides is 1. The fourth-order valence-electron chi connectivity index (χ4n) is 3.18. The van der Waals surface area contributed by atoms with E-state index in [-0.39, 0.29) is 27.1 Å². The molecule has 0 bridgehead atoms. The van der Waals surface area contributed by atoms with Gasteiger partial charge in [-0.1, -0.05) is 41.4 Å². The van der Waals surface area contributed by atoms with Crippen molar-refractivity contribution in [2.45, 2.75) is 4.90 Å². The molecule has 0 saturated heterocycles. The van der Waals surface area contributed by atoms with Crippen LogP contribution in [0.2, 0.25) is 10.0 Å². The summed E-state index contributed by atoms with van der Waals surface area (Å²) in [7, 11) is -0.119. The van der Waals surface area contributed by atoms with E-state index in [1.165, 1.54) is 57.9 Å². The number of nitrogens with one attached hydrogen (secondary N) is 1. The topological polar surface area (TPSA) is 107 Å². The number of anilines is 1. The van der Waals surface area contributed by atoms with Gasteiger partial charge in [0.15, 0.2) is 11.5 Å². The van der Waals surface area contributed by atoms with Gasteiger partial charge in [-0.2, -0.15) is 5.10 Å². The summed E-state index contributed by atoms with van der Waals surface area (Å²) >= 11 is 12.2. The third-order valence-corrected chi connectivity index (χ3v) is 7.27. The highest BCUT2D eigenvalue weighted by Gasteiger charge is 2.30. The summed E-state index contributed by atoms with van der Waals surface area (Å²) in [6, 6.07) is 15.4. The Kier molecular flexibility index (Phi) is 9.03. The van der Waals surface area contributed by atoms with E-state index in [0.717, 1.165) is 4.31 Å². The third kappa shape index (κ3) is 6.20. The predicted molar refractivity (Wildman–Crippen MR) is 139 cm³/mol. The number of carbonyl (C=O) groups excluding carboxylic acids is 1. The Morgan fingerprint density at radius 1 is 0.944 bits per heavy atom. The lowest BCUT2D eigenvalue weighted by atomic mass is 10.2. The summed E-state index contributed by atoms with van der Waals surface area (Å²) in [5.41, 5.74) is 2.96. The minimum absolute atomic E-state index is 0.0602. The van der Waals surface area contributed by atoms with E-state index in [1.807, 2.05) is 0 Å². The Hall–Kier alpha value is -3.47. The van der Waals surface area contributed by atoms with Crippen LogP contribution in [0.15, 0.2) is 70.7 Å². The number of hydrazone groups is 1. The second-order valence-electron chi connectivity index (χ2n) is 7.16. The molecule has 0 unspecified atom stereocenters. The standard InChI is InChI=1S/C24H23Cl2N3O6S/c1-33-21-10-8-17(25)12-20(21)29(15-24(30)28-27-14-16-6-4-5-7-19(16)26)36(31,32)18-9-11-22(34-2)23(13-18)35-3/h4-14H,15H2,1-3H3,(H,28,30). The van der Waals surface area contributed by atoms with Crippen LogP contribution < -0.4 is 23.9 Å². The number of nitrogens with zero attached hydrogens (tertiary/aromatic N) is 2. The van der Waals surface area contributed by atoms with Gasteiger partial charge in [0, 0.05) is 21.7 Å². The fourth-order valence-corrected chi connectivity index (χ4v) is 4.97. The number of hydrogen-bond acceptors (Lipinski definition) is 7. The molecule has 190 valence electrons. The minimum atomic E-state index is -4.31. The molecule has 0 radical (unpaired) electrons. The first-order valence-electron chi connectivity index (χ1n) is 10.4. The quantitative estimate of drug-likeness (QED) is 0.296. The highest BCUT2D eigenvalue weighted by molar-refractivity contribution is 7.92. The summed E-state index contributed by atoms with van der Waals surface area (Å²) in [6.45, 7) is -0.632. The van der Waals surface area contributed by atoms with E-state index in [9.17, 15) is 13.2 Å². The Labute approximate surface area is 219 Å². The van der Waals surface area contributed by atoms with Gasteiger partial charge in [0.05, 0.1) is 38.1 Å². The van der Waals surface area contributed by atoms with Crippen molar-refractivity contribution in [3.63, 3.8) is 0 Å². The summed E-state index contributed by atoms with van der Waals surface area (Å²) in [5.74, 6) is 0.0144. The number of ether oxygens (including phenoxy) is 3. The molecular formula is C24H23Cl2N3O6S. The van der Waals surface area contributed by atoms with Crippen molar-refractivity contribution in [1.82, 2.24) is 5.43 Å². The lowest BCUT2D eigenvalue weighted by molar-refractivity contribution is -0.119. The molecule has 0 aliphatic heterocycles. The first-order chi connectivity index (χ1) is 17.2. The minimum Gasteiger partial charge on any atom is -0.495 e. The monoisotopic (exact) mass is 551 g/mol. The van der Waals surface area contributed by atoms with Crippen LogP contribution in [0.25, 0.3) is 0 Å². The molecule has 3 aromatic rings. The van der Waals surface area contributed by atoms with Crippen LogP contribution in [0.4, 0.5) is 5.69 Å². The lowest BCUT2D eigenvalue weighted by Gasteiger charge is -2.25. The van der Waals surface area contributed by atoms with E-state index >= 15 is 0 Å². The highest BCUT2D eigenvalue weighted by Crippen LogP contribution is 2.36. The number of benzene rings is 3. The molecule has 0 fully saturated rings. The van der Waals surface area contributed by atoms with Crippen LogP contribution in [-0.4, -0.2) is 48.4 Å². The summed E-state index contributed by atoms with van der Waals surface area (Å²) in [5, 5.41) is 4.58. The van der Waals surface area contributed by atoms with Crippen molar-refractivity contribution < 1.29 is 27.4 Å². The van der Waals surface area contributed by atoms with Gasteiger partial charge in [-0.15, -0.1) is 0 Å². The summed E-state index contributed by atoms with van der Waals surface area (Å²) in [6.07, 6.45) is 1.35. The van der Waals surface area contributed by atoms with Crippen LogP contribution in [0.5, 0.6) is 17.2 Å². The number of methoxy groups -OCH3 is 3. The van der Waals surface area contributed by atoms with Gasteiger partial charge < -0.3 is 14.2 Å². The molecule has 12 heteroatoms. The molecule has 0 atom stereocenters. The van der Waals surface area contributed by atoms with Gasteiger partial charge in [-0.05, 0) is 36.4 Å². The molecule has 0 heterocycles. The van der Waals surface area contributed by atoms with E-state index in [0.29, 0.717) is 16.3 Å². The number of halogens is 2. The van der Waals surface area contributed by atoms with Gasteiger partial charge in [0.25, 0.3) is 15.9 Å². The molecule has 1 amide bonds. The molecule has 0 spiro atoms. The average Bonchev–Trinajstić information content (AvgIpc) is 2.87. The molecule has 0 aromatic heterocycles. The SMILES string of the molecule is COc1ccc(S(=O)(=O)N(CC(=O)NN=Cc2ccccc2Cl)c2cc(Cl)ccc2OC)cc1OC. The zero-order chi connectivity index (χ0) is 26.3. The van der Waals surface area contributed by atoms with E-state index in [4.69, 9.17) is 37.4 Å². The predicted octanol–water partition coefficient (Wildman–Crippen LogP) is 4.36. The molecule has 0 aliphatic carbocycles. The molecule has 3 rings (SSSR count). The van der Waals surface area contributed by atoms with Gasteiger partial charge in [-0.25, -0.2) is 13.8 Å². The maximum absolute atomic E-state index is 13.8. The Morgan fingerprint density at radius 2 is 1.61 bits per heavy atom. The van der Waals surface area contributed by atoms with Crippen molar-refractivity contribution in [3.8, 4) is 17.2 Å². The molecule has 9 nitrogen and oxygen atoms in total. The van der Waals surface area contributed by atoms with Crippen LogP contribution in [0.3, 0.4) is 0 Å². The van der Waals surface area contributed by atoms with Gasteiger partial charge in [-0.3, -0.25) is 9.10 Å². The summed E-state index contributed by atoms with van der Waals surface area (Å²) < 4.78 is 44.2. The maximum atomic E-state index is 13.8. The average molecular weight is 552 g/mol. The third-order valence-electron chi connectivity index (χ3n) is 4.94. The fraction of sp³-hybridized carbons (Fsp3) is 0.167. The van der Waals surface area contributed by atoms with Crippen molar-refractivity contribution in [2.75, 3.05) is 32.2 Å². The lowest BCUT2D eigenvalue weighted by Crippen LogP contribution is -2.39. The summed E-state index contributed by atoms with van der Waals surface area (Å²) in [4.78, 5) is 12.7. The van der Waals surface area contributed by atoms with Gasteiger partial charge >= 0.3 is 0 Å². The maximum Gasteiger partial charge on any atom is 0.265 e. The van der Waals surface area contributed by atoms with Crippen LogP contribution in [0, 0.1) is 0 Å². The number of rotatable bonds is 10. The normalized spacial score (nSPS) is 11.2. The van der Waals surface area contributed by atoms with Crippen molar-refractivity contribution >= 4 is 51.0 Å². The molecule has 1 N–H and O–H groups in total. The molecule has 0 aliphatic rings. The molecule has 3 aromatic carbocycles. The number of hydrogen-bond donors (Lipinski definition) is 1. The Morgan fingerprint density at radius 3 is 2.28 bits per heavy atom. The van der Waals surface area contributed by atoms with Gasteiger partial charge in [0.1, 0.15) is 12.3 Å². The van der Waals surface area contributed by atoms with Crippen LogP contribution in [-0.2, 0) is 14.8 Å². The Bertz CT molecular complexity index is 1380. The molecular weight excluding hydrogens is 529 g/mol. The smallest absolute Gasteiger partial charge is 0.265 e. The van der Waals surface area contributed by atoms with E-state index in [2.05, 4.69) is 10.5 Å². The van der Waals surface area contributed by atoms with Crippen molar-refractivity contribution in [1.29, 1.82) is 0 Å². The van der Waals surface area contributed by atoms with Crippen molar-refractivity contribution in [2.24, 2.45) is 5.10 Å². The second kappa shape index (κ2) is 12.0. The number of carbonyl (C=O) groups is 1. The van der Waals surface area contributed by atoms with Crippen molar-refractivity contribution in [3.05, 3.63) is 76.3 Å². The van der Waals surface area contributed by atoms with Gasteiger partial charge in [0.2, 0.25) is 0 Å².